The van der Waals surface area contributed by atoms with Crippen molar-refractivity contribution < 1.29 is 4.39 Å². The van der Waals surface area contributed by atoms with E-state index in [2.05, 4.69) is 28.2 Å². The molecule has 0 saturated heterocycles. The summed E-state index contributed by atoms with van der Waals surface area (Å²) in [6.45, 7) is 3.06. The Kier molecular flexibility index (Phi) is 4.57. The summed E-state index contributed by atoms with van der Waals surface area (Å²) in [6, 6.07) is 5.69. The van der Waals surface area contributed by atoms with E-state index in [1.165, 1.54) is 24.8 Å². The average Bonchev–Trinajstić information content (AvgIpc) is 3.12. The van der Waals surface area contributed by atoms with Crippen molar-refractivity contribution in [2.24, 2.45) is 5.92 Å². The highest BCUT2D eigenvalue weighted by molar-refractivity contribution is 9.10. The fraction of sp³-hybridized carbons (Fsp3) is 0.571. The van der Waals surface area contributed by atoms with Crippen molar-refractivity contribution in [3.63, 3.8) is 0 Å². The first kappa shape index (κ1) is 13.0. The molecule has 0 radical (unpaired) electrons. The molecule has 17 heavy (non-hydrogen) atoms. The van der Waals surface area contributed by atoms with Crippen molar-refractivity contribution in [3.8, 4) is 0 Å². The van der Waals surface area contributed by atoms with Gasteiger partial charge in [-0.15, -0.1) is 0 Å². The van der Waals surface area contributed by atoms with Crippen molar-refractivity contribution in [1.29, 1.82) is 0 Å². The highest BCUT2D eigenvalue weighted by atomic mass is 79.9. The predicted molar refractivity (Wildman–Crippen MR) is 72.5 cm³/mol. The Morgan fingerprint density at radius 2 is 2.24 bits per heavy atom. The van der Waals surface area contributed by atoms with E-state index in [0.29, 0.717) is 10.5 Å². The van der Waals surface area contributed by atoms with E-state index in [1.54, 1.807) is 6.07 Å². The van der Waals surface area contributed by atoms with Crippen LogP contribution in [0.1, 0.15) is 44.2 Å². The van der Waals surface area contributed by atoms with Crippen molar-refractivity contribution in [1.82, 2.24) is 5.32 Å². The minimum absolute atomic E-state index is 0.189. The molecule has 1 unspecified atom stereocenters. The van der Waals surface area contributed by atoms with Crippen LogP contribution in [0.5, 0.6) is 0 Å². The predicted octanol–water partition coefficient (Wildman–Crippen LogP) is 4.43. The van der Waals surface area contributed by atoms with E-state index in [9.17, 15) is 4.39 Å². The molecule has 0 aliphatic heterocycles. The quantitative estimate of drug-likeness (QED) is 0.819. The van der Waals surface area contributed by atoms with Gasteiger partial charge in [0, 0.05) is 6.04 Å². The van der Waals surface area contributed by atoms with Crippen LogP contribution in [0.15, 0.2) is 22.7 Å². The molecular formula is C14H19BrFN. The zero-order valence-corrected chi connectivity index (χ0v) is 11.8. The largest absolute Gasteiger partial charge is 0.310 e. The van der Waals surface area contributed by atoms with E-state index in [-0.39, 0.29) is 5.82 Å². The molecule has 0 aromatic heterocycles. The van der Waals surface area contributed by atoms with Gasteiger partial charge in [-0.2, -0.15) is 0 Å². The monoisotopic (exact) mass is 299 g/mol. The van der Waals surface area contributed by atoms with Crippen molar-refractivity contribution in [2.45, 2.75) is 38.6 Å². The zero-order chi connectivity index (χ0) is 12.3. The Labute approximate surface area is 111 Å². The summed E-state index contributed by atoms with van der Waals surface area (Å²) in [7, 11) is 0. The minimum atomic E-state index is -0.189. The molecule has 0 amide bonds. The highest BCUT2D eigenvalue weighted by Crippen LogP contribution is 2.36. The van der Waals surface area contributed by atoms with Gasteiger partial charge in [0.25, 0.3) is 0 Å². The molecule has 2 rings (SSSR count). The van der Waals surface area contributed by atoms with Crippen molar-refractivity contribution in [3.05, 3.63) is 34.1 Å². The van der Waals surface area contributed by atoms with Crippen LogP contribution < -0.4 is 5.32 Å². The van der Waals surface area contributed by atoms with Crippen molar-refractivity contribution >= 4 is 15.9 Å². The summed E-state index contributed by atoms with van der Waals surface area (Å²) in [4.78, 5) is 0. The number of hydrogen-bond donors (Lipinski definition) is 1. The molecule has 1 N–H and O–H groups in total. The lowest BCUT2D eigenvalue weighted by Crippen LogP contribution is -2.21. The second kappa shape index (κ2) is 5.96. The standard InChI is InChI=1S/C14H19BrFN/c1-2-17-14(8-5-10-3-4-10)11-6-7-13(16)12(15)9-11/h6-7,9-10,14,17H,2-5,8H2,1H3. The molecule has 1 saturated carbocycles. The van der Waals surface area contributed by atoms with Crippen LogP contribution in [-0.4, -0.2) is 6.54 Å². The van der Waals surface area contributed by atoms with Crippen LogP contribution in [0, 0.1) is 11.7 Å². The summed E-state index contributed by atoms with van der Waals surface area (Å²) in [5.74, 6) is 0.756. The summed E-state index contributed by atoms with van der Waals surface area (Å²) in [6.07, 6.45) is 5.22. The Hall–Kier alpha value is -0.410. The highest BCUT2D eigenvalue weighted by Gasteiger charge is 2.23. The third-order valence-corrected chi connectivity index (χ3v) is 3.96. The van der Waals surface area contributed by atoms with Gasteiger partial charge in [-0.05, 0) is 58.9 Å². The number of rotatable bonds is 6. The molecule has 0 spiro atoms. The lowest BCUT2D eigenvalue weighted by molar-refractivity contribution is 0.480. The Bertz CT molecular complexity index is 376. The first-order chi connectivity index (χ1) is 8.20. The summed E-state index contributed by atoms with van der Waals surface area (Å²) in [5.41, 5.74) is 1.18. The maximum absolute atomic E-state index is 13.2. The second-order valence-electron chi connectivity index (χ2n) is 4.80. The smallest absolute Gasteiger partial charge is 0.137 e. The van der Waals surface area contributed by atoms with Gasteiger partial charge < -0.3 is 5.32 Å². The first-order valence-electron chi connectivity index (χ1n) is 6.39. The SMILES string of the molecule is CCNC(CCC1CC1)c1ccc(F)c(Br)c1. The van der Waals surface area contributed by atoms with Gasteiger partial charge in [0.15, 0.2) is 0 Å². The van der Waals surface area contributed by atoms with Crippen molar-refractivity contribution in [2.75, 3.05) is 6.54 Å². The maximum atomic E-state index is 13.2. The normalized spacial score (nSPS) is 17.1. The minimum Gasteiger partial charge on any atom is -0.310 e. The number of nitrogens with one attached hydrogen (secondary N) is 1. The second-order valence-corrected chi connectivity index (χ2v) is 5.66. The third kappa shape index (κ3) is 3.78. The molecule has 94 valence electrons. The lowest BCUT2D eigenvalue weighted by Gasteiger charge is -2.18. The van der Waals surface area contributed by atoms with Crippen LogP contribution in [0.2, 0.25) is 0 Å². The van der Waals surface area contributed by atoms with E-state index >= 15 is 0 Å². The Morgan fingerprint density at radius 3 is 2.82 bits per heavy atom. The zero-order valence-electron chi connectivity index (χ0n) is 10.2. The molecule has 1 aromatic rings. The van der Waals surface area contributed by atoms with Gasteiger partial charge in [0.1, 0.15) is 5.82 Å². The molecule has 0 heterocycles. The van der Waals surface area contributed by atoms with Gasteiger partial charge in [0.05, 0.1) is 4.47 Å². The first-order valence-corrected chi connectivity index (χ1v) is 7.18. The van der Waals surface area contributed by atoms with Crippen LogP contribution in [0.25, 0.3) is 0 Å². The van der Waals surface area contributed by atoms with Crippen LogP contribution in [0.4, 0.5) is 4.39 Å². The molecular weight excluding hydrogens is 281 g/mol. The van der Waals surface area contributed by atoms with Crippen LogP contribution >= 0.6 is 15.9 Å². The van der Waals surface area contributed by atoms with Gasteiger partial charge >= 0.3 is 0 Å². The fourth-order valence-corrected chi connectivity index (χ4v) is 2.57. The fourth-order valence-electron chi connectivity index (χ4n) is 2.17. The average molecular weight is 300 g/mol. The lowest BCUT2D eigenvalue weighted by atomic mass is 10.0. The van der Waals surface area contributed by atoms with Crippen LogP contribution in [-0.2, 0) is 0 Å². The molecule has 1 aliphatic carbocycles. The van der Waals surface area contributed by atoms with Gasteiger partial charge in [-0.1, -0.05) is 25.8 Å². The Morgan fingerprint density at radius 1 is 1.47 bits per heavy atom. The van der Waals surface area contributed by atoms with E-state index in [1.807, 2.05) is 12.1 Å². The topological polar surface area (TPSA) is 12.0 Å². The van der Waals surface area contributed by atoms with E-state index in [4.69, 9.17) is 0 Å². The third-order valence-electron chi connectivity index (χ3n) is 3.36. The molecule has 1 aromatic carbocycles. The summed E-state index contributed by atoms with van der Waals surface area (Å²) in [5, 5.41) is 3.49. The summed E-state index contributed by atoms with van der Waals surface area (Å²) >= 11 is 3.26. The van der Waals surface area contributed by atoms with Gasteiger partial charge in [0.2, 0.25) is 0 Å². The number of benzene rings is 1. The summed E-state index contributed by atoms with van der Waals surface area (Å²) < 4.78 is 13.8. The number of halogens is 2. The number of hydrogen-bond acceptors (Lipinski definition) is 1. The molecule has 3 heteroatoms. The van der Waals surface area contributed by atoms with E-state index in [0.717, 1.165) is 18.9 Å². The molecule has 1 aliphatic rings. The van der Waals surface area contributed by atoms with Gasteiger partial charge in [-0.25, -0.2) is 4.39 Å². The Balaban J connectivity index is 2.03. The van der Waals surface area contributed by atoms with Gasteiger partial charge in [-0.3, -0.25) is 0 Å². The maximum Gasteiger partial charge on any atom is 0.137 e. The van der Waals surface area contributed by atoms with Crippen LogP contribution in [0.3, 0.4) is 0 Å². The van der Waals surface area contributed by atoms with E-state index < -0.39 is 0 Å². The molecule has 1 nitrogen and oxygen atoms in total. The molecule has 1 fully saturated rings. The molecule has 1 atom stereocenters. The molecule has 0 bridgehead atoms.